The minimum Gasteiger partial charge on any atom is -0.490 e. The lowest BCUT2D eigenvalue weighted by atomic mass is 10.1. The van der Waals surface area contributed by atoms with Gasteiger partial charge >= 0.3 is 0 Å². The zero-order valence-corrected chi connectivity index (χ0v) is 16.7. The number of hydrogen-bond donors (Lipinski definition) is 1. The Hall–Kier alpha value is -2.89. The Kier molecular flexibility index (Phi) is 7.61. The molecule has 5 nitrogen and oxygen atoms in total. The molecule has 0 aliphatic carbocycles. The molecule has 0 saturated heterocycles. The summed E-state index contributed by atoms with van der Waals surface area (Å²) in [5, 5.41) is 10.5. The van der Waals surface area contributed by atoms with Crippen LogP contribution in [-0.2, 0) is 19.5 Å². The molecule has 29 heavy (non-hydrogen) atoms. The standard InChI is InChI=1S/C24H27NO4/c1-2-19-9-11-20(12-10-19)14-25(16-23-7-5-13-28-23)15-22(27)18-29-24-8-4-3-6-21(24)17-26/h3-13,17,22,27H,2,14-16,18H2,1H3. The molecular weight excluding hydrogens is 366 g/mol. The first-order chi connectivity index (χ1) is 14.2. The lowest BCUT2D eigenvalue weighted by Gasteiger charge is -2.24. The summed E-state index contributed by atoms with van der Waals surface area (Å²) < 4.78 is 11.2. The van der Waals surface area contributed by atoms with Gasteiger partial charge in [0.2, 0.25) is 0 Å². The number of aliphatic hydroxyl groups is 1. The quantitative estimate of drug-likeness (QED) is 0.497. The van der Waals surface area contributed by atoms with Crippen molar-refractivity contribution in [3.8, 4) is 5.75 Å². The van der Waals surface area contributed by atoms with E-state index in [9.17, 15) is 9.90 Å². The fourth-order valence-electron chi connectivity index (χ4n) is 3.19. The molecule has 1 unspecified atom stereocenters. The first-order valence-corrected chi connectivity index (χ1v) is 9.85. The minimum atomic E-state index is -0.709. The number of furan rings is 1. The number of benzene rings is 2. The van der Waals surface area contributed by atoms with Gasteiger partial charge in [-0.25, -0.2) is 0 Å². The lowest BCUT2D eigenvalue weighted by Crippen LogP contribution is -2.35. The summed E-state index contributed by atoms with van der Waals surface area (Å²) in [7, 11) is 0. The summed E-state index contributed by atoms with van der Waals surface area (Å²) >= 11 is 0. The van der Waals surface area contributed by atoms with Crippen LogP contribution in [0.1, 0.15) is 34.2 Å². The normalized spacial score (nSPS) is 12.1. The SMILES string of the molecule is CCc1ccc(CN(Cc2ccco2)CC(O)COc2ccccc2C=O)cc1. The Morgan fingerprint density at radius 1 is 1.03 bits per heavy atom. The number of carbonyl (C=O) groups excluding carboxylic acids is 1. The summed E-state index contributed by atoms with van der Waals surface area (Å²) in [4.78, 5) is 13.2. The zero-order valence-electron chi connectivity index (χ0n) is 16.7. The Morgan fingerprint density at radius 2 is 1.79 bits per heavy atom. The summed E-state index contributed by atoms with van der Waals surface area (Å²) in [6, 6.07) is 19.3. The van der Waals surface area contributed by atoms with Gasteiger partial charge in [-0.15, -0.1) is 0 Å². The van der Waals surface area contributed by atoms with Gasteiger partial charge in [-0.1, -0.05) is 43.3 Å². The van der Waals surface area contributed by atoms with E-state index in [2.05, 4.69) is 36.1 Å². The maximum absolute atomic E-state index is 11.1. The van der Waals surface area contributed by atoms with Gasteiger partial charge in [0.15, 0.2) is 6.29 Å². The van der Waals surface area contributed by atoms with Gasteiger partial charge in [0.25, 0.3) is 0 Å². The van der Waals surface area contributed by atoms with Crippen LogP contribution in [0.15, 0.2) is 71.3 Å². The monoisotopic (exact) mass is 393 g/mol. The van der Waals surface area contributed by atoms with Crippen LogP contribution in [0.3, 0.4) is 0 Å². The maximum atomic E-state index is 11.1. The van der Waals surface area contributed by atoms with E-state index in [1.165, 1.54) is 11.1 Å². The fourth-order valence-corrected chi connectivity index (χ4v) is 3.19. The van der Waals surface area contributed by atoms with Gasteiger partial charge in [-0.05, 0) is 41.8 Å². The first kappa shape index (κ1) is 20.8. The van der Waals surface area contributed by atoms with E-state index in [0.29, 0.717) is 30.9 Å². The average Bonchev–Trinajstić information content (AvgIpc) is 3.26. The zero-order chi connectivity index (χ0) is 20.5. The molecule has 2 aromatic carbocycles. The number of aliphatic hydroxyl groups excluding tert-OH is 1. The molecule has 5 heteroatoms. The molecule has 0 fully saturated rings. The molecule has 0 spiro atoms. The molecule has 0 amide bonds. The van der Waals surface area contributed by atoms with Crippen LogP contribution in [0, 0.1) is 0 Å². The predicted molar refractivity (Wildman–Crippen MR) is 112 cm³/mol. The highest BCUT2D eigenvalue weighted by atomic mass is 16.5. The summed E-state index contributed by atoms with van der Waals surface area (Å²) in [6.07, 6.45) is 2.71. The van der Waals surface area contributed by atoms with Crippen LogP contribution in [0.5, 0.6) is 5.75 Å². The van der Waals surface area contributed by atoms with Gasteiger partial charge in [-0.3, -0.25) is 9.69 Å². The molecule has 3 rings (SSSR count). The summed E-state index contributed by atoms with van der Waals surface area (Å²) in [5.74, 6) is 1.32. The van der Waals surface area contributed by atoms with Gasteiger partial charge in [-0.2, -0.15) is 0 Å². The van der Waals surface area contributed by atoms with Gasteiger partial charge < -0.3 is 14.3 Å². The Balaban J connectivity index is 1.62. The molecule has 0 saturated carbocycles. The van der Waals surface area contributed by atoms with Crippen LogP contribution in [0.2, 0.25) is 0 Å². The van der Waals surface area contributed by atoms with E-state index < -0.39 is 6.10 Å². The molecule has 0 bridgehead atoms. The second kappa shape index (κ2) is 10.6. The molecule has 1 atom stereocenters. The van der Waals surface area contributed by atoms with Crippen LogP contribution in [0.25, 0.3) is 0 Å². The number of rotatable bonds is 11. The summed E-state index contributed by atoms with van der Waals surface area (Å²) in [6.45, 7) is 3.93. The molecule has 0 aliphatic heterocycles. The average molecular weight is 393 g/mol. The maximum Gasteiger partial charge on any atom is 0.153 e. The van der Waals surface area contributed by atoms with Gasteiger partial charge in [0.1, 0.15) is 24.2 Å². The Morgan fingerprint density at radius 3 is 2.48 bits per heavy atom. The highest BCUT2D eigenvalue weighted by Crippen LogP contribution is 2.17. The topological polar surface area (TPSA) is 62.9 Å². The second-order valence-electron chi connectivity index (χ2n) is 7.04. The van der Waals surface area contributed by atoms with E-state index in [-0.39, 0.29) is 6.61 Å². The highest BCUT2D eigenvalue weighted by molar-refractivity contribution is 5.79. The number of nitrogens with zero attached hydrogens (tertiary/aromatic N) is 1. The van der Waals surface area contributed by atoms with Crippen molar-refractivity contribution in [1.29, 1.82) is 0 Å². The number of carbonyl (C=O) groups is 1. The molecule has 3 aromatic rings. The first-order valence-electron chi connectivity index (χ1n) is 9.85. The van der Waals surface area contributed by atoms with Gasteiger partial charge in [0.05, 0.1) is 18.4 Å². The smallest absolute Gasteiger partial charge is 0.153 e. The molecule has 0 aliphatic rings. The van der Waals surface area contributed by atoms with Gasteiger partial charge in [0, 0.05) is 13.1 Å². The van der Waals surface area contributed by atoms with Crippen molar-refractivity contribution < 1.29 is 19.1 Å². The molecular formula is C24H27NO4. The van der Waals surface area contributed by atoms with E-state index in [1.54, 1.807) is 30.5 Å². The fraction of sp³-hybridized carbons (Fsp3) is 0.292. The third-order valence-corrected chi connectivity index (χ3v) is 4.74. The molecule has 1 heterocycles. The van der Waals surface area contributed by atoms with Crippen molar-refractivity contribution in [2.45, 2.75) is 32.5 Å². The van der Waals surface area contributed by atoms with Crippen molar-refractivity contribution in [2.75, 3.05) is 13.2 Å². The Bertz CT molecular complexity index is 874. The van der Waals surface area contributed by atoms with Crippen molar-refractivity contribution in [1.82, 2.24) is 4.90 Å². The highest BCUT2D eigenvalue weighted by Gasteiger charge is 2.16. The molecule has 0 radical (unpaired) electrons. The third-order valence-electron chi connectivity index (χ3n) is 4.74. The number of para-hydroxylation sites is 1. The molecule has 1 N–H and O–H groups in total. The van der Waals surface area contributed by atoms with E-state index in [1.807, 2.05) is 12.1 Å². The largest absolute Gasteiger partial charge is 0.490 e. The van der Waals surface area contributed by atoms with Crippen LogP contribution in [-0.4, -0.2) is 35.5 Å². The number of hydrogen-bond acceptors (Lipinski definition) is 5. The van der Waals surface area contributed by atoms with Crippen molar-refractivity contribution in [2.24, 2.45) is 0 Å². The Labute approximate surface area is 171 Å². The van der Waals surface area contributed by atoms with Crippen molar-refractivity contribution in [3.63, 3.8) is 0 Å². The minimum absolute atomic E-state index is 0.105. The van der Waals surface area contributed by atoms with Crippen LogP contribution >= 0.6 is 0 Å². The third kappa shape index (κ3) is 6.31. The predicted octanol–water partition coefficient (Wildman–Crippen LogP) is 4.10. The number of aryl methyl sites for hydroxylation is 1. The van der Waals surface area contributed by atoms with E-state index >= 15 is 0 Å². The van der Waals surface area contributed by atoms with Crippen molar-refractivity contribution >= 4 is 6.29 Å². The summed E-state index contributed by atoms with van der Waals surface area (Å²) in [5.41, 5.74) is 2.95. The van der Waals surface area contributed by atoms with E-state index in [0.717, 1.165) is 18.5 Å². The van der Waals surface area contributed by atoms with E-state index in [4.69, 9.17) is 9.15 Å². The number of ether oxygens (including phenoxy) is 1. The lowest BCUT2D eigenvalue weighted by molar-refractivity contribution is 0.0601. The molecule has 152 valence electrons. The van der Waals surface area contributed by atoms with Crippen molar-refractivity contribution in [3.05, 3.63) is 89.4 Å². The molecule has 1 aromatic heterocycles. The number of aldehydes is 1. The van der Waals surface area contributed by atoms with Crippen LogP contribution in [0.4, 0.5) is 0 Å². The van der Waals surface area contributed by atoms with Crippen LogP contribution < -0.4 is 4.74 Å². The second-order valence-corrected chi connectivity index (χ2v) is 7.04.